The van der Waals surface area contributed by atoms with E-state index < -0.39 is 33.3 Å². The van der Waals surface area contributed by atoms with Gasteiger partial charge in [-0.2, -0.15) is 0 Å². The maximum absolute atomic E-state index is 12.3. The maximum Gasteiger partial charge on any atom is 0.310 e. The minimum atomic E-state index is -3.62. The fourth-order valence-electron chi connectivity index (χ4n) is 3.03. The highest BCUT2D eigenvalue weighted by Gasteiger charge is 2.42. The molecule has 0 aliphatic heterocycles. The molecule has 2 N–H and O–H groups in total. The summed E-state index contributed by atoms with van der Waals surface area (Å²) in [5, 5.41) is 9.27. The average molecular weight is 321 g/mol. The van der Waals surface area contributed by atoms with Gasteiger partial charge in [0, 0.05) is 6.54 Å². The topological polar surface area (TPSA) is 92.7 Å². The summed E-state index contributed by atoms with van der Waals surface area (Å²) in [6.45, 7) is 3.94. The molecular weight excluding hydrogens is 294 g/mol. The SMILES string of the molecule is CCC(CC)C(O)CNS(=O)(=O)C1CCCC1C(=O)OC. The first-order valence-electron chi connectivity index (χ1n) is 7.61. The van der Waals surface area contributed by atoms with Crippen molar-refractivity contribution in [2.75, 3.05) is 13.7 Å². The number of ether oxygens (including phenoxy) is 1. The van der Waals surface area contributed by atoms with Gasteiger partial charge in [0.15, 0.2) is 0 Å². The molecule has 21 heavy (non-hydrogen) atoms. The number of carbonyl (C=O) groups is 1. The van der Waals surface area contributed by atoms with Crippen molar-refractivity contribution < 1.29 is 23.1 Å². The molecule has 1 aliphatic rings. The van der Waals surface area contributed by atoms with Gasteiger partial charge in [0.25, 0.3) is 0 Å². The van der Waals surface area contributed by atoms with E-state index in [1.165, 1.54) is 7.11 Å². The van der Waals surface area contributed by atoms with E-state index in [4.69, 9.17) is 0 Å². The van der Waals surface area contributed by atoms with Gasteiger partial charge in [-0.3, -0.25) is 4.79 Å². The van der Waals surface area contributed by atoms with Gasteiger partial charge in [-0.1, -0.05) is 33.1 Å². The lowest BCUT2D eigenvalue weighted by Crippen LogP contribution is -2.43. The van der Waals surface area contributed by atoms with Crippen molar-refractivity contribution in [2.45, 2.75) is 57.3 Å². The minimum Gasteiger partial charge on any atom is -0.469 e. The van der Waals surface area contributed by atoms with Crippen LogP contribution in [0.1, 0.15) is 46.0 Å². The Morgan fingerprint density at radius 3 is 2.48 bits per heavy atom. The summed E-state index contributed by atoms with van der Waals surface area (Å²) in [5.41, 5.74) is 0. The van der Waals surface area contributed by atoms with Gasteiger partial charge in [-0.25, -0.2) is 13.1 Å². The van der Waals surface area contributed by atoms with Crippen molar-refractivity contribution in [3.8, 4) is 0 Å². The molecule has 1 fully saturated rings. The molecule has 0 aromatic carbocycles. The van der Waals surface area contributed by atoms with E-state index in [1.807, 2.05) is 13.8 Å². The fraction of sp³-hybridized carbons (Fsp3) is 0.929. The molecule has 6 nitrogen and oxygen atoms in total. The predicted molar refractivity (Wildman–Crippen MR) is 80.1 cm³/mol. The zero-order valence-electron chi connectivity index (χ0n) is 13.0. The minimum absolute atomic E-state index is 0.000920. The number of aliphatic hydroxyl groups excluding tert-OH is 1. The van der Waals surface area contributed by atoms with Crippen LogP contribution in [0.4, 0.5) is 0 Å². The molecular formula is C14H27NO5S. The Kier molecular flexibility index (Phi) is 7.09. The smallest absolute Gasteiger partial charge is 0.310 e. The molecule has 0 radical (unpaired) electrons. The van der Waals surface area contributed by atoms with Crippen LogP contribution < -0.4 is 4.72 Å². The van der Waals surface area contributed by atoms with Gasteiger partial charge < -0.3 is 9.84 Å². The monoisotopic (exact) mass is 321 g/mol. The van der Waals surface area contributed by atoms with Gasteiger partial charge in [-0.15, -0.1) is 0 Å². The molecule has 0 saturated heterocycles. The highest BCUT2D eigenvalue weighted by atomic mass is 32.2. The Morgan fingerprint density at radius 1 is 1.33 bits per heavy atom. The molecule has 1 rings (SSSR count). The van der Waals surface area contributed by atoms with Gasteiger partial charge in [0.05, 0.1) is 24.4 Å². The highest BCUT2D eigenvalue weighted by molar-refractivity contribution is 7.90. The van der Waals surface area contributed by atoms with Gasteiger partial charge in [0.2, 0.25) is 10.0 Å². The van der Waals surface area contributed by atoms with Crippen molar-refractivity contribution in [3.63, 3.8) is 0 Å². The van der Waals surface area contributed by atoms with Gasteiger partial charge in [-0.05, 0) is 18.8 Å². The molecule has 0 aromatic rings. The van der Waals surface area contributed by atoms with E-state index >= 15 is 0 Å². The van der Waals surface area contributed by atoms with E-state index in [0.717, 1.165) is 12.8 Å². The number of hydrogen-bond acceptors (Lipinski definition) is 5. The Morgan fingerprint density at radius 2 is 1.95 bits per heavy atom. The lowest BCUT2D eigenvalue weighted by atomic mass is 9.97. The summed E-state index contributed by atoms with van der Waals surface area (Å²) < 4.78 is 31.8. The van der Waals surface area contributed by atoms with Crippen molar-refractivity contribution in [1.82, 2.24) is 4.72 Å². The Labute approximate surface area is 127 Å². The highest BCUT2D eigenvalue weighted by Crippen LogP contribution is 2.31. The third-order valence-corrected chi connectivity index (χ3v) is 6.37. The normalized spacial score (nSPS) is 24.2. The zero-order valence-corrected chi connectivity index (χ0v) is 13.9. The summed E-state index contributed by atoms with van der Waals surface area (Å²) in [6, 6.07) is 0. The first-order chi connectivity index (χ1) is 9.87. The Balaban J connectivity index is 2.66. The second kappa shape index (κ2) is 8.10. The fourth-order valence-corrected chi connectivity index (χ4v) is 4.80. The van der Waals surface area contributed by atoms with E-state index in [1.54, 1.807) is 0 Å². The molecule has 7 heteroatoms. The van der Waals surface area contributed by atoms with Crippen molar-refractivity contribution in [3.05, 3.63) is 0 Å². The second-order valence-corrected chi connectivity index (χ2v) is 7.62. The Hall–Kier alpha value is -0.660. The molecule has 1 saturated carbocycles. The van der Waals surface area contributed by atoms with Crippen LogP contribution in [0.3, 0.4) is 0 Å². The predicted octanol–water partition coefficient (Wildman–Crippen LogP) is 1.04. The number of nitrogens with one attached hydrogen (secondary N) is 1. The van der Waals surface area contributed by atoms with Crippen LogP contribution >= 0.6 is 0 Å². The average Bonchev–Trinajstić information content (AvgIpc) is 2.96. The number of hydrogen-bond donors (Lipinski definition) is 2. The van der Waals surface area contributed by atoms with E-state index in [0.29, 0.717) is 19.3 Å². The third kappa shape index (κ3) is 4.66. The van der Waals surface area contributed by atoms with Crippen LogP contribution in [0.15, 0.2) is 0 Å². The Bertz CT molecular complexity index is 433. The number of aliphatic hydroxyl groups is 1. The molecule has 124 valence electrons. The lowest BCUT2D eigenvalue weighted by Gasteiger charge is -2.23. The lowest BCUT2D eigenvalue weighted by molar-refractivity contribution is -0.145. The molecule has 3 unspecified atom stereocenters. The summed E-state index contributed by atoms with van der Waals surface area (Å²) in [4.78, 5) is 11.6. The van der Waals surface area contributed by atoms with Crippen molar-refractivity contribution >= 4 is 16.0 Å². The van der Waals surface area contributed by atoms with Crippen LogP contribution in [0, 0.1) is 11.8 Å². The second-order valence-electron chi connectivity index (χ2n) is 5.64. The molecule has 3 atom stereocenters. The zero-order chi connectivity index (χ0) is 16.0. The maximum atomic E-state index is 12.3. The van der Waals surface area contributed by atoms with Crippen molar-refractivity contribution in [1.29, 1.82) is 0 Å². The molecule has 0 heterocycles. The first kappa shape index (κ1) is 18.4. The van der Waals surface area contributed by atoms with Crippen LogP contribution in [-0.2, 0) is 19.6 Å². The standard InChI is InChI=1S/C14H27NO5S/c1-4-10(5-2)12(16)9-15-21(18,19)13-8-6-7-11(13)14(17)20-3/h10-13,15-16H,4-9H2,1-3H3. The number of rotatable bonds is 8. The third-order valence-electron chi connectivity index (χ3n) is 4.44. The van der Waals surface area contributed by atoms with Gasteiger partial charge >= 0.3 is 5.97 Å². The summed E-state index contributed by atoms with van der Waals surface area (Å²) in [7, 11) is -2.35. The van der Waals surface area contributed by atoms with Gasteiger partial charge in [0.1, 0.15) is 0 Å². The molecule has 0 bridgehead atoms. The van der Waals surface area contributed by atoms with Crippen LogP contribution in [0.2, 0.25) is 0 Å². The van der Waals surface area contributed by atoms with E-state index in [9.17, 15) is 18.3 Å². The molecule has 0 aromatic heterocycles. The van der Waals surface area contributed by atoms with Crippen LogP contribution in [0.5, 0.6) is 0 Å². The van der Waals surface area contributed by atoms with E-state index in [-0.39, 0.29) is 12.5 Å². The number of carbonyl (C=O) groups excluding carboxylic acids is 1. The van der Waals surface area contributed by atoms with Crippen molar-refractivity contribution in [2.24, 2.45) is 11.8 Å². The largest absolute Gasteiger partial charge is 0.469 e. The molecule has 1 aliphatic carbocycles. The summed E-state index contributed by atoms with van der Waals surface area (Å²) in [6.07, 6.45) is 2.58. The van der Waals surface area contributed by atoms with Crippen LogP contribution in [-0.4, -0.2) is 44.5 Å². The number of esters is 1. The van der Waals surface area contributed by atoms with Crippen LogP contribution in [0.25, 0.3) is 0 Å². The van der Waals surface area contributed by atoms with E-state index in [2.05, 4.69) is 9.46 Å². The summed E-state index contributed by atoms with van der Waals surface area (Å²) >= 11 is 0. The summed E-state index contributed by atoms with van der Waals surface area (Å²) in [5.74, 6) is -0.992. The molecule has 0 spiro atoms. The molecule has 0 amide bonds. The first-order valence-corrected chi connectivity index (χ1v) is 9.16. The number of methoxy groups -OCH3 is 1. The quantitative estimate of drug-likeness (QED) is 0.652. The number of sulfonamides is 1.